The van der Waals surface area contributed by atoms with Gasteiger partial charge < -0.3 is 4.74 Å². The molecule has 74 valence electrons. The van der Waals surface area contributed by atoms with Gasteiger partial charge in [0.15, 0.2) is 0 Å². The van der Waals surface area contributed by atoms with Gasteiger partial charge in [-0.1, -0.05) is 28.1 Å². The van der Waals surface area contributed by atoms with E-state index in [1.807, 2.05) is 25.1 Å². The molecule has 1 aromatic carbocycles. The lowest BCUT2D eigenvalue weighted by Gasteiger charge is -1.99. The molecule has 0 saturated carbocycles. The second kappa shape index (κ2) is 4.96. The Kier molecular flexibility index (Phi) is 3.89. The van der Waals surface area contributed by atoms with Crippen molar-refractivity contribution in [3.63, 3.8) is 0 Å². The van der Waals surface area contributed by atoms with Gasteiger partial charge in [-0.2, -0.15) is 0 Å². The van der Waals surface area contributed by atoms with Crippen molar-refractivity contribution in [1.82, 2.24) is 0 Å². The summed E-state index contributed by atoms with van der Waals surface area (Å²) in [5, 5.41) is 0. The highest BCUT2D eigenvalue weighted by Crippen LogP contribution is 2.19. The van der Waals surface area contributed by atoms with Crippen LogP contribution in [0.5, 0.6) is 0 Å². The quantitative estimate of drug-likeness (QED) is 0.600. The zero-order valence-corrected chi connectivity index (χ0v) is 9.67. The predicted octanol–water partition coefficient (Wildman–Crippen LogP) is 2.94. The van der Waals surface area contributed by atoms with Crippen LogP contribution in [0.25, 0.3) is 6.08 Å². The minimum absolute atomic E-state index is 0.350. The van der Waals surface area contributed by atoms with Crippen molar-refractivity contribution >= 4 is 28.0 Å². The molecule has 2 nitrogen and oxygen atoms in total. The van der Waals surface area contributed by atoms with Crippen LogP contribution in [-0.4, -0.2) is 13.1 Å². The van der Waals surface area contributed by atoms with Crippen LogP contribution in [0, 0.1) is 6.92 Å². The first-order valence-corrected chi connectivity index (χ1v) is 4.95. The summed E-state index contributed by atoms with van der Waals surface area (Å²) in [6.07, 6.45) is 3.12. The van der Waals surface area contributed by atoms with Crippen molar-refractivity contribution in [2.45, 2.75) is 6.92 Å². The summed E-state index contributed by atoms with van der Waals surface area (Å²) in [4.78, 5) is 10.8. The molecule has 0 heterocycles. The molecule has 0 N–H and O–H groups in total. The maximum absolute atomic E-state index is 10.8. The Morgan fingerprint density at radius 2 is 2.21 bits per heavy atom. The van der Waals surface area contributed by atoms with E-state index < -0.39 is 0 Å². The van der Waals surface area contributed by atoms with Gasteiger partial charge in [0, 0.05) is 10.5 Å². The van der Waals surface area contributed by atoms with Crippen molar-refractivity contribution in [3.8, 4) is 0 Å². The van der Waals surface area contributed by atoms with Gasteiger partial charge in [-0.15, -0.1) is 0 Å². The van der Waals surface area contributed by atoms with E-state index in [-0.39, 0.29) is 5.97 Å². The number of hydrogen-bond acceptors (Lipinski definition) is 2. The third-order valence-electron chi connectivity index (χ3n) is 1.76. The number of hydrogen-bond donors (Lipinski definition) is 0. The van der Waals surface area contributed by atoms with E-state index in [2.05, 4.69) is 20.7 Å². The number of benzene rings is 1. The van der Waals surface area contributed by atoms with Crippen molar-refractivity contribution in [2.24, 2.45) is 0 Å². The number of carbonyl (C=O) groups excluding carboxylic acids is 1. The Balaban J connectivity index is 2.87. The minimum atomic E-state index is -0.350. The molecule has 0 atom stereocenters. The molecule has 0 fully saturated rings. The molecule has 0 aromatic heterocycles. The number of esters is 1. The normalized spacial score (nSPS) is 10.5. The van der Waals surface area contributed by atoms with E-state index in [1.54, 1.807) is 6.08 Å². The standard InChI is InChI=1S/C11H11BrO2/c1-8-3-4-9(10(12)7-8)5-6-11(13)14-2/h3-7H,1-2H3. The fourth-order valence-corrected chi connectivity index (χ4v) is 1.62. The molecular formula is C11H11BrO2. The van der Waals surface area contributed by atoms with Crippen molar-refractivity contribution < 1.29 is 9.53 Å². The van der Waals surface area contributed by atoms with Gasteiger partial charge >= 0.3 is 5.97 Å². The molecule has 3 heteroatoms. The fourth-order valence-electron chi connectivity index (χ4n) is 0.993. The monoisotopic (exact) mass is 254 g/mol. The van der Waals surface area contributed by atoms with Gasteiger partial charge in [0.25, 0.3) is 0 Å². The lowest BCUT2D eigenvalue weighted by molar-refractivity contribution is -0.134. The first-order chi connectivity index (χ1) is 6.63. The summed E-state index contributed by atoms with van der Waals surface area (Å²) >= 11 is 3.42. The number of carbonyl (C=O) groups is 1. The zero-order valence-electron chi connectivity index (χ0n) is 8.08. The number of ether oxygens (including phenoxy) is 1. The largest absolute Gasteiger partial charge is 0.466 e. The molecule has 1 aromatic rings. The van der Waals surface area contributed by atoms with Gasteiger partial charge in [-0.3, -0.25) is 0 Å². The predicted molar refractivity (Wildman–Crippen MR) is 59.9 cm³/mol. The molecular weight excluding hydrogens is 244 g/mol. The summed E-state index contributed by atoms with van der Waals surface area (Å²) in [6, 6.07) is 5.93. The minimum Gasteiger partial charge on any atom is -0.466 e. The highest BCUT2D eigenvalue weighted by atomic mass is 79.9. The number of aryl methyl sites for hydroxylation is 1. The van der Waals surface area contributed by atoms with Gasteiger partial charge in [0.2, 0.25) is 0 Å². The zero-order chi connectivity index (χ0) is 10.6. The van der Waals surface area contributed by atoms with Crippen molar-refractivity contribution in [3.05, 3.63) is 39.9 Å². The van der Waals surface area contributed by atoms with Crippen LogP contribution >= 0.6 is 15.9 Å². The Morgan fingerprint density at radius 3 is 2.79 bits per heavy atom. The number of rotatable bonds is 2. The summed E-state index contributed by atoms with van der Waals surface area (Å²) in [5.41, 5.74) is 2.13. The summed E-state index contributed by atoms with van der Waals surface area (Å²) in [6.45, 7) is 2.01. The van der Waals surface area contributed by atoms with E-state index in [1.165, 1.54) is 18.7 Å². The van der Waals surface area contributed by atoms with Crippen LogP contribution in [-0.2, 0) is 9.53 Å². The van der Waals surface area contributed by atoms with E-state index >= 15 is 0 Å². The van der Waals surface area contributed by atoms with Gasteiger partial charge in [0.1, 0.15) is 0 Å². The molecule has 1 rings (SSSR count). The average Bonchev–Trinajstić information content (AvgIpc) is 2.16. The van der Waals surface area contributed by atoms with Gasteiger partial charge in [0.05, 0.1) is 7.11 Å². The van der Waals surface area contributed by atoms with Crippen LogP contribution in [0.2, 0.25) is 0 Å². The van der Waals surface area contributed by atoms with Gasteiger partial charge in [-0.05, 0) is 30.2 Å². The average molecular weight is 255 g/mol. The summed E-state index contributed by atoms with van der Waals surface area (Å²) in [7, 11) is 1.36. The van der Waals surface area contributed by atoms with E-state index in [0.29, 0.717) is 0 Å². The molecule has 0 spiro atoms. The molecule has 0 bridgehead atoms. The van der Waals surface area contributed by atoms with Crippen LogP contribution < -0.4 is 0 Å². The van der Waals surface area contributed by atoms with E-state index in [9.17, 15) is 4.79 Å². The summed E-state index contributed by atoms with van der Waals surface area (Å²) in [5.74, 6) is -0.350. The molecule has 0 unspecified atom stereocenters. The Morgan fingerprint density at radius 1 is 1.50 bits per heavy atom. The lowest BCUT2D eigenvalue weighted by atomic mass is 10.1. The van der Waals surface area contributed by atoms with Crippen molar-refractivity contribution in [1.29, 1.82) is 0 Å². The second-order valence-electron chi connectivity index (χ2n) is 2.88. The van der Waals surface area contributed by atoms with Gasteiger partial charge in [-0.25, -0.2) is 4.79 Å². The topological polar surface area (TPSA) is 26.3 Å². The first-order valence-electron chi connectivity index (χ1n) is 4.15. The molecule has 0 aliphatic heterocycles. The maximum Gasteiger partial charge on any atom is 0.330 e. The molecule has 0 radical (unpaired) electrons. The highest BCUT2D eigenvalue weighted by molar-refractivity contribution is 9.10. The smallest absolute Gasteiger partial charge is 0.330 e. The fraction of sp³-hybridized carbons (Fsp3) is 0.182. The van der Waals surface area contributed by atoms with Crippen LogP contribution in [0.4, 0.5) is 0 Å². The molecule has 14 heavy (non-hydrogen) atoms. The Hall–Kier alpha value is -1.09. The third kappa shape index (κ3) is 3.00. The summed E-state index contributed by atoms with van der Waals surface area (Å²) < 4.78 is 5.46. The lowest BCUT2D eigenvalue weighted by Crippen LogP contribution is -1.93. The first kappa shape index (κ1) is 11.0. The second-order valence-corrected chi connectivity index (χ2v) is 3.74. The van der Waals surface area contributed by atoms with Crippen LogP contribution in [0.15, 0.2) is 28.7 Å². The molecule has 0 amide bonds. The van der Waals surface area contributed by atoms with E-state index in [4.69, 9.17) is 0 Å². The SMILES string of the molecule is COC(=O)C=Cc1ccc(C)cc1Br. The third-order valence-corrected chi connectivity index (χ3v) is 2.44. The van der Waals surface area contributed by atoms with E-state index in [0.717, 1.165) is 10.0 Å². The Labute approximate surface area is 91.7 Å². The number of halogens is 1. The van der Waals surface area contributed by atoms with Crippen LogP contribution in [0.1, 0.15) is 11.1 Å². The maximum atomic E-state index is 10.8. The molecule has 0 aliphatic carbocycles. The van der Waals surface area contributed by atoms with Crippen molar-refractivity contribution in [2.75, 3.05) is 7.11 Å². The Bertz CT molecular complexity index is 370. The molecule has 0 saturated heterocycles. The molecule has 0 aliphatic rings. The van der Waals surface area contributed by atoms with Crippen LogP contribution in [0.3, 0.4) is 0 Å². The number of methoxy groups -OCH3 is 1. The highest BCUT2D eigenvalue weighted by Gasteiger charge is 1.97.